The van der Waals surface area contributed by atoms with Crippen molar-refractivity contribution in [2.45, 2.75) is 31.2 Å². The van der Waals surface area contributed by atoms with Crippen molar-refractivity contribution >= 4 is 5.97 Å². The van der Waals surface area contributed by atoms with Gasteiger partial charge in [-0.3, -0.25) is 5.32 Å². The van der Waals surface area contributed by atoms with Crippen LogP contribution in [0, 0.1) is 5.82 Å². The van der Waals surface area contributed by atoms with Crippen LogP contribution in [-0.2, 0) is 15.1 Å². The summed E-state index contributed by atoms with van der Waals surface area (Å²) in [5.74, 6) is -0.282. The second kappa shape index (κ2) is 5.06. The van der Waals surface area contributed by atoms with Gasteiger partial charge >= 0.3 is 5.97 Å². The van der Waals surface area contributed by atoms with Crippen LogP contribution in [0.25, 0.3) is 0 Å². The van der Waals surface area contributed by atoms with Gasteiger partial charge in [0.25, 0.3) is 0 Å². The second-order valence-electron chi connectivity index (χ2n) is 6.02. The predicted molar refractivity (Wildman–Crippen MR) is 81.2 cm³/mol. The van der Waals surface area contributed by atoms with E-state index in [1.54, 1.807) is 6.07 Å². The Morgan fingerprint density at radius 1 is 1.17 bits per heavy atom. The average Bonchev–Trinajstić information content (AvgIpc) is 2.86. The SMILES string of the molecule is CC1CC2(NC(c3ccccc3)OC2=O)c2cc(F)ccc2O1. The summed E-state index contributed by atoms with van der Waals surface area (Å²) in [5, 5.41) is 3.27. The topological polar surface area (TPSA) is 47.6 Å². The van der Waals surface area contributed by atoms with Gasteiger partial charge in [-0.25, -0.2) is 9.18 Å². The molecule has 1 N–H and O–H groups in total. The first-order chi connectivity index (χ1) is 11.1. The van der Waals surface area contributed by atoms with Crippen molar-refractivity contribution in [3.05, 3.63) is 65.5 Å². The molecule has 2 aromatic carbocycles. The highest BCUT2D eigenvalue weighted by atomic mass is 19.1. The molecule has 0 aromatic heterocycles. The third-order valence-electron chi connectivity index (χ3n) is 4.38. The molecule has 0 aliphatic carbocycles. The van der Waals surface area contributed by atoms with E-state index >= 15 is 0 Å². The molecule has 1 fully saturated rings. The van der Waals surface area contributed by atoms with Gasteiger partial charge in [0.2, 0.25) is 0 Å². The normalized spacial score (nSPS) is 29.0. The van der Waals surface area contributed by atoms with Crippen LogP contribution in [0.5, 0.6) is 5.75 Å². The van der Waals surface area contributed by atoms with Gasteiger partial charge in [-0.2, -0.15) is 0 Å². The van der Waals surface area contributed by atoms with Crippen molar-refractivity contribution in [3.8, 4) is 5.75 Å². The highest BCUT2D eigenvalue weighted by molar-refractivity contribution is 5.86. The summed E-state index contributed by atoms with van der Waals surface area (Å²) >= 11 is 0. The molecule has 0 saturated carbocycles. The number of hydrogen-bond donors (Lipinski definition) is 1. The molecule has 0 bridgehead atoms. The van der Waals surface area contributed by atoms with Crippen LogP contribution in [0.2, 0.25) is 0 Å². The summed E-state index contributed by atoms with van der Waals surface area (Å²) < 4.78 is 25.0. The lowest BCUT2D eigenvalue weighted by Gasteiger charge is -2.36. The number of nitrogens with one attached hydrogen (secondary N) is 1. The molecule has 4 nitrogen and oxygen atoms in total. The van der Waals surface area contributed by atoms with Gasteiger partial charge in [-0.15, -0.1) is 0 Å². The zero-order valence-electron chi connectivity index (χ0n) is 12.6. The molecule has 3 atom stereocenters. The van der Waals surface area contributed by atoms with Crippen molar-refractivity contribution < 1.29 is 18.7 Å². The van der Waals surface area contributed by atoms with Gasteiger partial charge < -0.3 is 9.47 Å². The molecule has 1 spiro atoms. The van der Waals surface area contributed by atoms with Gasteiger partial charge in [0.05, 0.1) is 6.10 Å². The Bertz CT molecular complexity index is 764. The van der Waals surface area contributed by atoms with Crippen LogP contribution >= 0.6 is 0 Å². The molecular formula is C18H16FNO3. The number of benzene rings is 2. The number of esters is 1. The molecule has 2 aliphatic rings. The van der Waals surface area contributed by atoms with E-state index in [9.17, 15) is 9.18 Å². The minimum atomic E-state index is -1.07. The van der Waals surface area contributed by atoms with Crippen molar-refractivity contribution in [1.82, 2.24) is 5.32 Å². The van der Waals surface area contributed by atoms with E-state index in [-0.39, 0.29) is 6.10 Å². The molecule has 2 aromatic rings. The minimum absolute atomic E-state index is 0.178. The smallest absolute Gasteiger partial charge is 0.333 e. The van der Waals surface area contributed by atoms with Gasteiger partial charge in [0.1, 0.15) is 11.6 Å². The molecule has 4 rings (SSSR count). The highest BCUT2D eigenvalue weighted by Crippen LogP contribution is 2.45. The summed E-state index contributed by atoms with van der Waals surface area (Å²) in [6, 6.07) is 13.7. The summed E-state index contributed by atoms with van der Waals surface area (Å²) in [5.41, 5.74) is 0.282. The standard InChI is InChI=1S/C18H16FNO3/c1-11-10-18(14-9-13(19)7-8-15(14)22-11)17(21)23-16(20-18)12-5-3-2-4-6-12/h2-9,11,16,20H,10H2,1H3. The molecule has 1 saturated heterocycles. The third-order valence-corrected chi connectivity index (χ3v) is 4.38. The maximum atomic E-state index is 13.7. The lowest BCUT2D eigenvalue weighted by Crippen LogP contribution is -2.49. The molecule has 3 unspecified atom stereocenters. The number of carbonyl (C=O) groups is 1. The fourth-order valence-corrected chi connectivity index (χ4v) is 3.37. The maximum Gasteiger partial charge on any atom is 0.333 e. The number of cyclic esters (lactones) is 1. The van der Waals surface area contributed by atoms with Crippen LogP contribution in [-0.4, -0.2) is 12.1 Å². The minimum Gasteiger partial charge on any atom is -0.490 e. The molecule has 2 aliphatic heterocycles. The number of ether oxygens (including phenoxy) is 2. The molecule has 118 valence electrons. The average molecular weight is 313 g/mol. The van der Waals surface area contributed by atoms with E-state index in [1.165, 1.54) is 12.1 Å². The summed E-state index contributed by atoms with van der Waals surface area (Å²) in [6.45, 7) is 1.89. The van der Waals surface area contributed by atoms with Crippen molar-refractivity contribution in [2.24, 2.45) is 0 Å². The van der Waals surface area contributed by atoms with Crippen LogP contribution < -0.4 is 10.1 Å². The number of carbonyl (C=O) groups excluding carboxylic acids is 1. The van der Waals surface area contributed by atoms with E-state index in [4.69, 9.17) is 9.47 Å². The van der Waals surface area contributed by atoms with Crippen molar-refractivity contribution in [3.63, 3.8) is 0 Å². The van der Waals surface area contributed by atoms with Crippen molar-refractivity contribution in [2.75, 3.05) is 0 Å². The second-order valence-corrected chi connectivity index (χ2v) is 6.02. The Morgan fingerprint density at radius 3 is 2.74 bits per heavy atom. The summed E-state index contributed by atoms with van der Waals surface area (Å²) in [7, 11) is 0. The Kier molecular flexibility index (Phi) is 3.13. The summed E-state index contributed by atoms with van der Waals surface area (Å²) in [4.78, 5) is 12.7. The Hall–Kier alpha value is -2.40. The fraction of sp³-hybridized carbons (Fsp3) is 0.278. The first kappa shape index (κ1) is 14.2. The number of hydrogen-bond acceptors (Lipinski definition) is 4. The first-order valence-corrected chi connectivity index (χ1v) is 7.59. The number of fused-ring (bicyclic) bond motifs is 2. The van der Waals surface area contributed by atoms with E-state index in [2.05, 4.69) is 5.32 Å². The maximum absolute atomic E-state index is 13.7. The predicted octanol–water partition coefficient (Wildman–Crippen LogP) is 3.04. The largest absolute Gasteiger partial charge is 0.490 e. The van der Waals surface area contributed by atoms with Gasteiger partial charge in [-0.1, -0.05) is 30.3 Å². The van der Waals surface area contributed by atoms with E-state index < -0.39 is 23.6 Å². The molecule has 2 heterocycles. The monoisotopic (exact) mass is 313 g/mol. The van der Waals surface area contributed by atoms with Crippen molar-refractivity contribution in [1.29, 1.82) is 0 Å². The van der Waals surface area contributed by atoms with E-state index in [0.717, 1.165) is 5.56 Å². The molecule has 0 radical (unpaired) electrons. The zero-order valence-corrected chi connectivity index (χ0v) is 12.6. The summed E-state index contributed by atoms with van der Waals surface area (Å²) in [6.07, 6.45) is -0.335. The Balaban J connectivity index is 1.79. The van der Waals surface area contributed by atoms with E-state index in [1.807, 2.05) is 37.3 Å². The van der Waals surface area contributed by atoms with Gasteiger partial charge in [0.15, 0.2) is 11.8 Å². The lowest BCUT2D eigenvalue weighted by atomic mass is 9.82. The Labute approximate surface area is 133 Å². The fourth-order valence-electron chi connectivity index (χ4n) is 3.37. The quantitative estimate of drug-likeness (QED) is 0.822. The lowest BCUT2D eigenvalue weighted by molar-refractivity contribution is -0.147. The van der Waals surface area contributed by atoms with Crippen LogP contribution in [0.15, 0.2) is 48.5 Å². The number of halogens is 1. The molecular weight excluding hydrogens is 297 g/mol. The highest BCUT2D eigenvalue weighted by Gasteiger charge is 2.54. The van der Waals surface area contributed by atoms with E-state index in [0.29, 0.717) is 17.7 Å². The van der Waals surface area contributed by atoms with Crippen LogP contribution in [0.1, 0.15) is 30.7 Å². The molecule has 23 heavy (non-hydrogen) atoms. The third kappa shape index (κ3) is 2.19. The zero-order chi connectivity index (χ0) is 16.0. The first-order valence-electron chi connectivity index (χ1n) is 7.59. The van der Waals surface area contributed by atoms with Gasteiger partial charge in [0, 0.05) is 17.5 Å². The van der Waals surface area contributed by atoms with Gasteiger partial charge in [-0.05, 0) is 25.1 Å². The van der Waals surface area contributed by atoms with Crippen LogP contribution in [0.3, 0.4) is 0 Å². The molecule has 5 heteroatoms. The van der Waals surface area contributed by atoms with Crippen LogP contribution in [0.4, 0.5) is 4.39 Å². The Morgan fingerprint density at radius 2 is 1.96 bits per heavy atom. The number of rotatable bonds is 1. The molecule has 0 amide bonds.